The van der Waals surface area contributed by atoms with Crippen LogP contribution in [-0.2, 0) is 6.18 Å². The van der Waals surface area contributed by atoms with E-state index in [0.29, 0.717) is 11.3 Å². The molecule has 0 spiro atoms. The molecule has 0 aliphatic rings. The van der Waals surface area contributed by atoms with E-state index in [-0.39, 0.29) is 0 Å². The van der Waals surface area contributed by atoms with Crippen LogP contribution in [0.15, 0.2) is 60.7 Å². The van der Waals surface area contributed by atoms with Crippen LogP contribution in [0.3, 0.4) is 0 Å². The van der Waals surface area contributed by atoms with Gasteiger partial charge in [0.25, 0.3) is 0 Å². The number of benzene rings is 3. The number of nitrogen functional groups attached to an aromatic ring is 1. The van der Waals surface area contributed by atoms with Crippen molar-refractivity contribution in [3.63, 3.8) is 0 Å². The van der Waals surface area contributed by atoms with Crippen LogP contribution >= 0.6 is 0 Å². The molecule has 0 fully saturated rings. The summed E-state index contributed by atoms with van der Waals surface area (Å²) in [7, 11) is 0. The summed E-state index contributed by atoms with van der Waals surface area (Å²) in [6.07, 6.45) is -4.35. The Kier molecular flexibility index (Phi) is 3.09. The SMILES string of the molecule is Nc1ccc(-c2cccc(C(F)(F)F)c2)c2ccccc12. The van der Waals surface area contributed by atoms with Crippen molar-refractivity contribution in [1.82, 2.24) is 0 Å². The Morgan fingerprint density at radius 1 is 0.762 bits per heavy atom. The first-order chi connectivity index (χ1) is 9.97. The first kappa shape index (κ1) is 13.5. The van der Waals surface area contributed by atoms with Crippen molar-refractivity contribution < 1.29 is 13.2 Å². The summed E-state index contributed by atoms with van der Waals surface area (Å²) in [6, 6.07) is 16.2. The van der Waals surface area contributed by atoms with Crippen LogP contribution in [0.4, 0.5) is 18.9 Å². The highest BCUT2D eigenvalue weighted by Crippen LogP contribution is 2.35. The van der Waals surface area contributed by atoms with Gasteiger partial charge in [-0.15, -0.1) is 0 Å². The van der Waals surface area contributed by atoms with Gasteiger partial charge in [-0.25, -0.2) is 0 Å². The maximum absolute atomic E-state index is 12.8. The fourth-order valence-corrected chi connectivity index (χ4v) is 2.44. The normalized spacial score (nSPS) is 11.8. The van der Waals surface area contributed by atoms with Gasteiger partial charge in [0.05, 0.1) is 5.56 Å². The fourth-order valence-electron chi connectivity index (χ4n) is 2.44. The lowest BCUT2D eigenvalue weighted by atomic mass is 9.96. The molecule has 3 aromatic rings. The zero-order valence-corrected chi connectivity index (χ0v) is 11.0. The van der Waals surface area contributed by atoms with Gasteiger partial charge in [0, 0.05) is 11.1 Å². The molecule has 0 heterocycles. The monoisotopic (exact) mass is 287 g/mol. The fraction of sp³-hybridized carbons (Fsp3) is 0.0588. The third kappa shape index (κ3) is 2.44. The molecule has 106 valence electrons. The van der Waals surface area contributed by atoms with E-state index in [1.807, 2.05) is 24.3 Å². The molecule has 0 saturated heterocycles. The number of alkyl halides is 3. The highest BCUT2D eigenvalue weighted by atomic mass is 19.4. The molecule has 3 rings (SSSR count). The highest BCUT2D eigenvalue weighted by Gasteiger charge is 2.30. The predicted octanol–water partition coefficient (Wildman–Crippen LogP) is 5.11. The third-order valence-corrected chi connectivity index (χ3v) is 3.46. The molecule has 0 radical (unpaired) electrons. The minimum atomic E-state index is -4.35. The molecule has 0 aromatic heterocycles. The van der Waals surface area contributed by atoms with Gasteiger partial charge in [-0.2, -0.15) is 13.2 Å². The molecule has 0 unspecified atom stereocenters. The maximum atomic E-state index is 12.8. The summed E-state index contributed by atoms with van der Waals surface area (Å²) in [5.41, 5.74) is 7.15. The van der Waals surface area contributed by atoms with Gasteiger partial charge in [-0.3, -0.25) is 0 Å². The Balaban J connectivity index is 2.24. The number of halogens is 3. The molecule has 0 bridgehead atoms. The first-order valence-electron chi connectivity index (χ1n) is 6.42. The largest absolute Gasteiger partial charge is 0.416 e. The lowest BCUT2D eigenvalue weighted by Gasteiger charge is -2.12. The van der Waals surface area contributed by atoms with Crippen LogP contribution in [0.1, 0.15) is 5.56 Å². The van der Waals surface area contributed by atoms with Crippen LogP contribution in [0.2, 0.25) is 0 Å². The number of hydrogen-bond acceptors (Lipinski definition) is 1. The molecule has 4 heteroatoms. The molecule has 0 aliphatic heterocycles. The Labute approximate surface area is 119 Å². The molecule has 2 N–H and O–H groups in total. The molecule has 1 nitrogen and oxygen atoms in total. The molecule has 0 aliphatic carbocycles. The average molecular weight is 287 g/mol. The number of rotatable bonds is 1. The number of hydrogen-bond donors (Lipinski definition) is 1. The van der Waals surface area contributed by atoms with Crippen LogP contribution < -0.4 is 5.73 Å². The highest BCUT2D eigenvalue weighted by molar-refractivity contribution is 6.02. The third-order valence-electron chi connectivity index (χ3n) is 3.46. The molecule has 21 heavy (non-hydrogen) atoms. The van der Waals surface area contributed by atoms with Crippen molar-refractivity contribution in [2.24, 2.45) is 0 Å². The van der Waals surface area contributed by atoms with Gasteiger partial charge in [-0.1, -0.05) is 42.5 Å². The van der Waals surface area contributed by atoms with E-state index >= 15 is 0 Å². The van der Waals surface area contributed by atoms with Gasteiger partial charge < -0.3 is 5.73 Å². The Morgan fingerprint density at radius 3 is 2.19 bits per heavy atom. The van der Waals surface area contributed by atoms with Gasteiger partial charge in [0.2, 0.25) is 0 Å². The van der Waals surface area contributed by atoms with Crippen LogP contribution in [0, 0.1) is 0 Å². The summed E-state index contributed by atoms with van der Waals surface area (Å²) < 4.78 is 38.5. The van der Waals surface area contributed by atoms with Crippen LogP contribution in [0.25, 0.3) is 21.9 Å². The summed E-state index contributed by atoms with van der Waals surface area (Å²) in [5.74, 6) is 0. The minimum absolute atomic E-state index is 0.529. The van der Waals surface area contributed by atoms with Crippen molar-refractivity contribution in [3.8, 4) is 11.1 Å². The lowest BCUT2D eigenvalue weighted by molar-refractivity contribution is -0.137. The summed E-state index contributed by atoms with van der Waals surface area (Å²) in [5, 5.41) is 1.68. The molecule has 3 aromatic carbocycles. The van der Waals surface area contributed by atoms with Crippen LogP contribution in [-0.4, -0.2) is 0 Å². The number of nitrogens with two attached hydrogens (primary N) is 1. The standard InChI is InChI=1S/C17H12F3N/c18-17(19,20)12-5-3-4-11(10-12)13-8-9-16(21)15-7-2-1-6-14(13)15/h1-10H,21H2. The second-order valence-electron chi connectivity index (χ2n) is 4.83. The summed E-state index contributed by atoms with van der Waals surface area (Å²) in [4.78, 5) is 0. The molecular weight excluding hydrogens is 275 g/mol. The van der Waals surface area contributed by atoms with Gasteiger partial charge in [0.1, 0.15) is 0 Å². The van der Waals surface area contributed by atoms with E-state index < -0.39 is 11.7 Å². The maximum Gasteiger partial charge on any atom is 0.416 e. The van der Waals surface area contributed by atoms with E-state index in [2.05, 4.69) is 0 Å². The zero-order valence-electron chi connectivity index (χ0n) is 11.0. The smallest absolute Gasteiger partial charge is 0.398 e. The minimum Gasteiger partial charge on any atom is -0.398 e. The predicted molar refractivity (Wildman–Crippen MR) is 78.8 cm³/mol. The van der Waals surface area contributed by atoms with E-state index in [4.69, 9.17) is 5.73 Å². The van der Waals surface area contributed by atoms with Crippen molar-refractivity contribution in [3.05, 3.63) is 66.2 Å². The summed E-state index contributed by atoms with van der Waals surface area (Å²) >= 11 is 0. The molecule has 0 atom stereocenters. The Morgan fingerprint density at radius 2 is 1.48 bits per heavy atom. The average Bonchev–Trinajstić information content (AvgIpc) is 2.47. The topological polar surface area (TPSA) is 26.0 Å². The number of fused-ring (bicyclic) bond motifs is 1. The zero-order chi connectivity index (χ0) is 15.0. The van der Waals surface area contributed by atoms with Gasteiger partial charge >= 0.3 is 6.18 Å². The van der Waals surface area contributed by atoms with E-state index in [1.54, 1.807) is 18.2 Å². The second-order valence-corrected chi connectivity index (χ2v) is 4.83. The van der Waals surface area contributed by atoms with E-state index in [1.165, 1.54) is 6.07 Å². The Hall–Kier alpha value is -2.49. The van der Waals surface area contributed by atoms with Crippen molar-refractivity contribution >= 4 is 16.5 Å². The van der Waals surface area contributed by atoms with Gasteiger partial charge in [0.15, 0.2) is 0 Å². The van der Waals surface area contributed by atoms with Crippen LogP contribution in [0.5, 0.6) is 0 Å². The van der Waals surface area contributed by atoms with E-state index in [0.717, 1.165) is 28.5 Å². The molecule has 0 amide bonds. The number of anilines is 1. The van der Waals surface area contributed by atoms with Crippen molar-refractivity contribution in [2.45, 2.75) is 6.18 Å². The van der Waals surface area contributed by atoms with Crippen molar-refractivity contribution in [2.75, 3.05) is 5.73 Å². The van der Waals surface area contributed by atoms with Crippen molar-refractivity contribution in [1.29, 1.82) is 0 Å². The summed E-state index contributed by atoms with van der Waals surface area (Å²) in [6.45, 7) is 0. The van der Waals surface area contributed by atoms with E-state index in [9.17, 15) is 13.2 Å². The Bertz CT molecular complexity index is 806. The first-order valence-corrected chi connectivity index (χ1v) is 6.42. The lowest BCUT2D eigenvalue weighted by Crippen LogP contribution is -2.04. The quantitative estimate of drug-likeness (QED) is 0.618. The van der Waals surface area contributed by atoms with Gasteiger partial charge in [-0.05, 0) is 34.7 Å². The molecule has 0 saturated carbocycles. The second kappa shape index (κ2) is 4.81. The molecular formula is C17H12F3N.